The van der Waals surface area contributed by atoms with Gasteiger partial charge in [0.15, 0.2) is 11.3 Å². The van der Waals surface area contributed by atoms with E-state index in [1.54, 1.807) is 46.0 Å². The minimum atomic E-state index is -0.896. The molecule has 0 amide bonds. The molecule has 37 heavy (non-hydrogen) atoms. The number of esters is 2. The number of aryl methyl sites for hydroxylation is 1. The van der Waals surface area contributed by atoms with Gasteiger partial charge in [-0.3, -0.25) is 14.6 Å². The smallest absolute Gasteiger partial charge is 0.347 e. The molecule has 0 saturated carbocycles. The van der Waals surface area contributed by atoms with Crippen LogP contribution in [0.4, 0.5) is 4.39 Å². The van der Waals surface area contributed by atoms with Crippen molar-refractivity contribution in [1.82, 2.24) is 9.55 Å². The Labute approximate surface area is 215 Å². The molecule has 0 spiro atoms. The number of nitrogens with zero attached hydrogens (tertiary/aromatic N) is 2. The summed E-state index contributed by atoms with van der Waals surface area (Å²) in [5.74, 6) is -1.70. The number of aromatic nitrogens is 2. The molecule has 2 heterocycles. The summed E-state index contributed by atoms with van der Waals surface area (Å²) in [6.07, 6.45) is 3.71. The maximum Gasteiger partial charge on any atom is 0.347 e. The highest BCUT2D eigenvalue weighted by Crippen LogP contribution is 2.31. The van der Waals surface area contributed by atoms with E-state index < -0.39 is 28.7 Å². The van der Waals surface area contributed by atoms with Gasteiger partial charge >= 0.3 is 11.9 Å². The Hall–Kier alpha value is -3.75. The number of benzene rings is 1. The molecule has 0 aliphatic heterocycles. The molecule has 8 nitrogen and oxygen atoms in total. The molecule has 9 heteroatoms. The summed E-state index contributed by atoms with van der Waals surface area (Å²) >= 11 is 0. The van der Waals surface area contributed by atoms with E-state index in [0.717, 1.165) is 18.4 Å². The van der Waals surface area contributed by atoms with Gasteiger partial charge in [0.05, 0.1) is 24.1 Å². The zero-order valence-electron chi connectivity index (χ0n) is 22.1. The third-order valence-corrected chi connectivity index (χ3v) is 5.71. The van der Waals surface area contributed by atoms with Gasteiger partial charge in [0, 0.05) is 25.7 Å². The van der Waals surface area contributed by atoms with Crippen molar-refractivity contribution in [2.45, 2.75) is 53.9 Å². The minimum Gasteiger partial charge on any atom is -0.493 e. The summed E-state index contributed by atoms with van der Waals surface area (Å²) < 4.78 is 31.6. The number of unbranched alkanes of at least 4 members (excludes halogenated alkanes) is 1. The zero-order valence-corrected chi connectivity index (χ0v) is 22.1. The van der Waals surface area contributed by atoms with Crippen LogP contribution in [-0.4, -0.2) is 34.7 Å². The average Bonchev–Trinajstić information content (AvgIpc) is 2.83. The Balaban J connectivity index is 2.13. The Morgan fingerprint density at radius 2 is 1.86 bits per heavy atom. The highest BCUT2D eigenvalue weighted by Gasteiger charge is 2.31. The van der Waals surface area contributed by atoms with E-state index in [1.165, 1.54) is 23.7 Å². The van der Waals surface area contributed by atoms with Crippen LogP contribution in [0.25, 0.3) is 11.0 Å². The molecule has 1 aromatic carbocycles. The van der Waals surface area contributed by atoms with Gasteiger partial charge < -0.3 is 18.8 Å². The van der Waals surface area contributed by atoms with Crippen molar-refractivity contribution in [3.63, 3.8) is 0 Å². The number of hydrogen-bond donors (Lipinski definition) is 0. The van der Waals surface area contributed by atoms with E-state index in [1.807, 2.05) is 6.92 Å². The number of carbonyl (C=O) groups excluding carboxylic acids is 2. The van der Waals surface area contributed by atoms with E-state index >= 15 is 0 Å². The number of ether oxygens (including phenoxy) is 3. The fourth-order valence-corrected chi connectivity index (χ4v) is 3.60. The Kier molecular flexibility index (Phi) is 8.68. The van der Waals surface area contributed by atoms with Gasteiger partial charge in [-0.15, -0.1) is 0 Å². The molecule has 3 aromatic rings. The second-order valence-electron chi connectivity index (χ2n) is 9.77. The molecular weight excluding hydrogens is 479 g/mol. The predicted octanol–water partition coefficient (Wildman–Crippen LogP) is 4.97. The lowest BCUT2D eigenvalue weighted by atomic mass is 9.97. The molecule has 0 saturated heterocycles. The molecule has 0 bridgehead atoms. The van der Waals surface area contributed by atoms with Crippen LogP contribution in [0, 0.1) is 11.2 Å². The van der Waals surface area contributed by atoms with Crippen molar-refractivity contribution in [2.75, 3.05) is 13.2 Å². The highest BCUT2D eigenvalue weighted by molar-refractivity contribution is 6.00. The van der Waals surface area contributed by atoms with Crippen molar-refractivity contribution < 1.29 is 28.2 Å². The molecule has 0 unspecified atom stereocenters. The second-order valence-corrected chi connectivity index (χ2v) is 9.77. The van der Waals surface area contributed by atoms with Crippen LogP contribution in [0.15, 0.2) is 35.3 Å². The lowest BCUT2D eigenvalue weighted by molar-refractivity contribution is -0.142. The van der Waals surface area contributed by atoms with Gasteiger partial charge in [0.2, 0.25) is 0 Å². The second kappa shape index (κ2) is 11.5. The van der Waals surface area contributed by atoms with Gasteiger partial charge in [0.25, 0.3) is 5.56 Å². The van der Waals surface area contributed by atoms with E-state index in [9.17, 15) is 18.8 Å². The molecular formula is C28H33FN2O6. The van der Waals surface area contributed by atoms with Gasteiger partial charge in [-0.05, 0) is 57.4 Å². The molecule has 0 atom stereocenters. The summed E-state index contributed by atoms with van der Waals surface area (Å²) in [6, 6.07) is 6.10. The maximum absolute atomic E-state index is 13.9. The monoisotopic (exact) mass is 512 g/mol. The molecule has 2 aromatic heterocycles. The third-order valence-electron chi connectivity index (χ3n) is 5.71. The Morgan fingerprint density at radius 3 is 2.51 bits per heavy atom. The van der Waals surface area contributed by atoms with E-state index in [2.05, 4.69) is 4.98 Å². The number of carbonyl (C=O) groups is 2. The van der Waals surface area contributed by atoms with Crippen LogP contribution < -0.4 is 15.0 Å². The quantitative estimate of drug-likeness (QED) is 0.295. The largest absolute Gasteiger partial charge is 0.493 e. The Morgan fingerprint density at radius 1 is 1.14 bits per heavy atom. The van der Waals surface area contributed by atoms with E-state index in [4.69, 9.17) is 14.2 Å². The first-order valence-corrected chi connectivity index (χ1v) is 12.3. The van der Waals surface area contributed by atoms with Crippen LogP contribution in [0.2, 0.25) is 0 Å². The minimum absolute atomic E-state index is 0.0411. The summed E-state index contributed by atoms with van der Waals surface area (Å²) in [5.41, 5.74) is 0.0491. The highest BCUT2D eigenvalue weighted by atomic mass is 19.1. The fraction of sp³-hybridized carbons (Fsp3) is 0.429. The van der Waals surface area contributed by atoms with Crippen LogP contribution >= 0.6 is 0 Å². The normalized spacial score (nSPS) is 11.4. The summed E-state index contributed by atoms with van der Waals surface area (Å²) in [4.78, 5) is 43.1. The number of rotatable bonds is 9. The summed E-state index contributed by atoms with van der Waals surface area (Å²) in [5, 5.41) is 0. The van der Waals surface area contributed by atoms with Crippen molar-refractivity contribution in [3.8, 4) is 11.5 Å². The van der Waals surface area contributed by atoms with Gasteiger partial charge in [-0.2, -0.15) is 0 Å². The molecule has 0 aliphatic carbocycles. The Bertz CT molecular complexity index is 1370. The molecule has 0 radical (unpaired) electrons. The predicted molar refractivity (Wildman–Crippen MR) is 138 cm³/mol. The SMILES string of the molecule is CCCCOc1cc(F)ccc1Cc1cnc2c(OC(=O)C(C)(C)C)c(C(=O)OCC)c(=O)n(C)c2c1. The molecule has 0 fully saturated rings. The summed E-state index contributed by atoms with van der Waals surface area (Å²) in [7, 11) is 1.51. The summed E-state index contributed by atoms with van der Waals surface area (Å²) in [6.45, 7) is 9.16. The van der Waals surface area contributed by atoms with Crippen molar-refractivity contribution in [3.05, 3.63) is 63.3 Å². The van der Waals surface area contributed by atoms with E-state index in [0.29, 0.717) is 29.9 Å². The number of pyridine rings is 2. The number of halogens is 1. The van der Waals surface area contributed by atoms with Crippen LogP contribution in [0.1, 0.15) is 68.9 Å². The fourth-order valence-electron chi connectivity index (χ4n) is 3.60. The first-order valence-electron chi connectivity index (χ1n) is 12.3. The first-order chi connectivity index (χ1) is 17.5. The molecule has 198 valence electrons. The molecule has 3 rings (SSSR count). The van der Waals surface area contributed by atoms with Crippen LogP contribution in [0.3, 0.4) is 0 Å². The number of hydrogen-bond acceptors (Lipinski definition) is 7. The van der Waals surface area contributed by atoms with Crippen molar-refractivity contribution in [2.24, 2.45) is 12.5 Å². The lowest BCUT2D eigenvalue weighted by Gasteiger charge is -2.19. The topological polar surface area (TPSA) is 96.7 Å². The number of fused-ring (bicyclic) bond motifs is 1. The third kappa shape index (κ3) is 6.34. The first kappa shape index (κ1) is 27.8. The van der Waals surface area contributed by atoms with Gasteiger partial charge in [0.1, 0.15) is 17.1 Å². The van der Waals surface area contributed by atoms with Crippen molar-refractivity contribution in [1.29, 1.82) is 0 Å². The zero-order chi connectivity index (χ0) is 27.3. The van der Waals surface area contributed by atoms with Gasteiger partial charge in [-0.1, -0.05) is 19.4 Å². The molecule has 0 N–H and O–H groups in total. The maximum atomic E-state index is 13.9. The van der Waals surface area contributed by atoms with Crippen molar-refractivity contribution >= 4 is 23.0 Å². The van der Waals surface area contributed by atoms with Crippen LogP contribution in [0.5, 0.6) is 11.5 Å². The van der Waals surface area contributed by atoms with E-state index in [-0.39, 0.29) is 23.4 Å². The molecule has 0 aliphatic rings. The lowest BCUT2D eigenvalue weighted by Crippen LogP contribution is -2.31. The standard InChI is InChI=1S/C28H33FN2O6/c1-7-9-12-36-21-15-19(29)11-10-18(21)13-17-14-20-23(30-16-17)24(37-27(34)28(3,4)5)22(25(32)31(20)6)26(33)35-8-2/h10-11,14-16H,7-9,12-13H2,1-6H3. The van der Waals surface area contributed by atoms with Crippen LogP contribution in [-0.2, 0) is 23.0 Å². The average molecular weight is 513 g/mol. The van der Waals surface area contributed by atoms with Gasteiger partial charge in [-0.25, -0.2) is 9.18 Å².